The normalized spacial score (nSPS) is 24.6. The van der Waals surface area contributed by atoms with Crippen molar-refractivity contribution in [3.05, 3.63) is 10.6 Å². The second-order valence-corrected chi connectivity index (χ2v) is 6.30. The Morgan fingerprint density at radius 1 is 1.39 bits per heavy atom. The largest absolute Gasteiger partial charge is 0.476 e. The number of rotatable bonds is 3. The molecule has 2 unspecified atom stereocenters. The fourth-order valence-electron chi connectivity index (χ4n) is 2.52. The van der Waals surface area contributed by atoms with Crippen LogP contribution in [-0.4, -0.2) is 22.1 Å². The zero-order chi connectivity index (χ0) is 13.1. The quantitative estimate of drug-likeness (QED) is 0.823. The van der Waals surface area contributed by atoms with Crippen LogP contribution in [0.25, 0.3) is 0 Å². The van der Waals surface area contributed by atoms with Crippen molar-refractivity contribution in [2.75, 3.05) is 5.32 Å². The van der Waals surface area contributed by atoms with Gasteiger partial charge in [-0.1, -0.05) is 26.2 Å². The van der Waals surface area contributed by atoms with Crippen LogP contribution in [-0.2, 0) is 0 Å². The molecule has 2 N–H and O–H groups in total. The first-order valence-electron chi connectivity index (χ1n) is 6.55. The molecular weight excluding hydrogens is 248 g/mol. The average molecular weight is 268 g/mol. The lowest BCUT2D eigenvalue weighted by Crippen LogP contribution is -2.26. The van der Waals surface area contributed by atoms with Crippen LogP contribution in [0.1, 0.15) is 54.4 Å². The SMILES string of the molecule is Cc1sc(NC2CCCCCC2C)nc1C(=O)O. The molecule has 0 aromatic carbocycles. The van der Waals surface area contributed by atoms with Crippen LogP contribution in [0.3, 0.4) is 0 Å². The molecule has 1 fully saturated rings. The van der Waals surface area contributed by atoms with E-state index in [0.717, 1.165) is 16.4 Å². The lowest BCUT2D eigenvalue weighted by Gasteiger charge is -2.22. The van der Waals surface area contributed by atoms with E-state index in [1.165, 1.54) is 37.0 Å². The van der Waals surface area contributed by atoms with Crippen LogP contribution in [0.15, 0.2) is 0 Å². The van der Waals surface area contributed by atoms with Gasteiger partial charge in [0.05, 0.1) is 0 Å². The van der Waals surface area contributed by atoms with Crippen molar-refractivity contribution in [2.24, 2.45) is 5.92 Å². The minimum atomic E-state index is -0.939. The summed E-state index contributed by atoms with van der Waals surface area (Å²) in [4.78, 5) is 15.9. The summed E-state index contributed by atoms with van der Waals surface area (Å²) in [5, 5.41) is 13.2. The van der Waals surface area contributed by atoms with E-state index in [0.29, 0.717) is 12.0 Å². The highest BCUT2D eigenvalue weighted by molar-refractivity contribution is 7.15. The van der Waals surface area contributed by atoms with Gasteiger partial charge in [0.25, 0.3) is 0 Å². The fourth-order valence-corrected chi connectivity index (χ4v) is 3.39. The Hall–Kier alpha value is -1.10. The van der Waals surface area contributed by atoms with Crippen molar-refractivity contribution in [3.8, 4) is 0 Å². The molecule has 18 heavy (non-hydrogen) atoms. The molecule has 100 valence electrons. The molecule has 4 nitrogen and oxygen atoms in total. The smallest absolute Gasteiger partial charge is 0.355 e. The van der Waals surface area contributed by atoms with E-state index < -0.39 is 5.97 Å². The third-order valence-electron chi connectivity index (χ3n) is 3.67. The Balaban J connectivity index is 2.08. The number of nitrogens with zero attached hydrogens (tertiary/aromatic N) is 1. The lowest BCUT2D eigenvalue weighted by molar-refractivity contribution is 0.0690. The van der Waals surface area contributed by atoms with Crippen LogP contribution in [0.4, 0.5) is 5.13 Å². The topological polar surface area (TPSA) is 62.2 Å². The molecule has 0 amide bonds. The molecule has 0 spiro atoms. The second kappa shape index (κ2) is 5.69. The van der Waals surface area contributed by atoms with Gasteiger partial charge >= 0.3 is 5.97 Å². The van der Waals surface area contributed by atoms with Gasteiger partial charge in [-0.25, -0.2) is 9.78 Å². The van der Waals surface area contributed by atoms with Gasteiger partial charge in [0.1, 0.15) is 0 Å². The lowest BCUT2D eigenvalue weighted by atomic mass is 9.97. The number of nitrogens with one attached hydrogen (secondary N) is 1. The van der Waals surface area contributed by atoms with Gasteiger partial charge in [0.2, 0.25) is 0 Å². The maximum atomic E-state index is 11.0. The summed E-state index contributed by atoms with van der Waals surface area (Å²) in [6, 6.07) is 0.430. The van der Waals surface area contributed by atoms with Crippen molar-refractivity contribution in [1.29, 1.82) is 0 Å². The first kappa shape index (κ1) is 13.3. The van der Waals surface area contributed by atoms with E-state index in [4.69, 9.17) is 5.11 Å². The van der Waals surface area contributed by atoms with E-state index in [-0.39, 0.29) is 5.69 Å². The molecule has 1 aliphatic carbocycles. The number of hydrogen-bond donors (Lipinski definition) is 2. The highest BCUT2D eigenvalue weighted by atomic mass is 32.1. The minimum absolute atomic E-state index is 0.184. The van der Waals surface area contributed by atoms with Crippen LogP contribution < -0.4 is 5.32 Å². The van der Waals surface area contributed by atoms with Crippen LogP contribution >= 0.6 is 11.3 Å². The van der Waals surface area contributed by atoms with Crippen molar-refractivity contribution < 1.29 is 9.90 Å². The van der Waals surface area contributed by atoms with Crippen molar-refractivity contribution >= 4 is 22.4 Å². The zero-order valence-electron chi connectivity index (χ0n) is 10.9. The third kappa shape index (κ3) is 3.02. The Bertz CT molecular complexity index is 431. The summed E-state index contributed by atoms with van der Waals surface area (Å²) in [5.74, 6) is -0.310. The number of hydrogen-bond acceptors (Lipinski definition) is 4. The van der Waals surface area contributed by atoms with Gasteiger partial charge in [0, 0.05) is 10.9 Å². The Morgan fingerprint density at radius 3 is 2.78 bits per heavy atom. The molecule has 1 saturated carbocycles. The number of aromatic carboxylic acids is 1. The van der Waals surface area contributed by atoms with Gasteiger partial charge in [-0.3, -0.25) is 0 Å². The Morgan fingerprint density at radius 2 is 2.11 bits per heavy atom. The van der Waals surface area contributed by atoms with Crippen molar-refractivity contribution in [2.45, 2.75) is 52.0 Å². The number of carboxylic acids is 1. The molecule has 1 aromatic rings. The summed E-state index contributed by atoms with van der Waals surface area (Å²) in [6.45, 7) is 4.07. The number of carbonyl (C=O) groups is 1. The van der Waals surface area contributed by atoms with E-state index in [2.05, 4.69) is 17.2 Å². The van der Waals surface area contributed by atoms with Crippen molar-refractivity contribution in [3.63, 3.8) is 0 Å². The number of thiazole rings is 1. The summed E-state index contributed by atoms with van der Waals surface area (Å²) in [6.07, 6.45) is 6.25. The number of anilines is 1. The summed E-state index contributed by atoms with van der Waals surface area (Å²) in [5.41, 5.74) is 0.184. The number of aryl methyl sites for hydroxylation is 1. The first-order chi connectivity index (χ1) is 8.58. The fraction of sp³-hybridized carbons (Fsp3) is 0.692. The van der Waals surface area contributed by atoms with Gasteiger partial charge < -0.3 is 10.4 Å². The molecule has 0 bridgehead atoms. The maximum absolute atomic E-state index is 11.0. The third-order valence-corrected chi connectivity index (χ3v) is 4.57. The van der Waals surface area contributed by atoms with E-state index in [1.54, 1.807) is 0 Å². The molecule has 0 aliphatic heterocycles. The monoisotopic (exact) mass is 268 g/mol. The summed E-state index contributed by atoms with van der Waals surface area (Å²) < 4.78 is 0. The molecule has 5 heteroatoms. The predicted octanol–water partition coefficient (Wildman–Crippen LogP) is 3.53. The molecule has 2 rings (SSSR count). The van der Waals surface area contributed by atoms with Gasteiger partial charge in [0.15, 0.2) is 10.8 Å². The molecule has 0 radical (unpaired) electrons. The molecule has 0 saturated heterocycles. The standard InChI is InChI=1S/C13H20N2O2S/c1-8-6-4-3-5-7-10(8)14-13-15-11(12(16)17)9(2)18-13/h8,10H,3-7H2,1-2H3,(H,14,15)(H,16,17). The second-order valence-electron chi connectivity index (χ2n) is 5.10. The minimum Gasteiger partial charge on any atom is -0.476 e. The average Bonchev–Trinajstić information content (AvgIpc) is 2.56. The van der Waals surface area contributed by atoms with Crippen LogP contribution in [0, 0.1) is 12.8 Å². The molecule has 1 aliphatic rings. The predicted molar refractivity (Wildman–Crippen MR) is 73.5 cm³/mol. The zero-order valence-corrected chi connectivity index (χ0v) is 11.7. The van der Waals surface area contributed by atoms with E-state index >= 15 is 0 Å². The summed E-state index contributed by atoms with van der Waals surface area (Å²) in [7, 11) is 0. The highest BCUT2D eigenvalue weighted by Crippen LogP contribution is 2.28. The van der Waals surface area contributed by atoms with Gasteiger partial charge in [-0.2, -0.15) is 0 Å². The van der Waals surface area contributed by atoms with E-state index in [9.17, 15) is 4.79 Å². The summed E-state index contributed by atoms with van der Waals surface area (Å²) >= 11 is 1.44. The van der Waals surface area contributed by atoms with Gasteiger partial charge in [-0.15, -0.1) is 11.3 Å². The molecule has 2 atom stereocenters. The molecule has 1 aromatic heterocycles. The van der Waals surface area contributed by atoms with Crippen LogP contribution in [0.5, 0.6) is 0 Å². The Kier molecular flexibility index (Phi) is 4.22. The van der Waals surface area contributed by atoms with Gasteiger partial charge in [-0.05, 0) is 25.7 Å². The molecular formula is C13H20N2O2S. The molecule has 1 heterocycles. The number of aromatic nitrogens is 1. The van der Waals surface area contributed by atoms with E-state index in [1.807, 2.05) is 6.92 Å². The maximum Gasteiger partial charge on any atom is 0.355 e. The first-order valence-corrected chi connectivity index (χ1v) is 7.37. The highest BCUT2D eigenvalue weighted by Gasteiger charge is 2.22. The van der Waals surface area contributed by atoms with Crippen LogP contribution in [0.2, 0.25) is 0 Å². The number of carboxylic acid groups (broad SMARTS) is 1. The Labute approximate surface area is 111 Å². The van der Waals surface area contributed by atoms with Crippen molar-refractivity contribution in [1.82, 2.24) is 4.98 Å².